The molecule has 94 valence electrons. The number of anilines is 2. The molecule has 1 aliphatic rings. The fraction of sp³-hybridized carbons (Fsp3) is 0.700. The first-order valence-corrected chi connectivity index (χ1v) is 7.31. The van der Waals surface area contributed by atoms with E-state index in [1.807, 2.05) is 18.7 Å². The molecule has 5 nitrogen and oxygen atoms in total. The molecule has 0 saturated carbocycles. The van der Waals surface area contributed by atoms with Crippen LogP contribution < -0.4 is 10.2 Å². The molecule has 7 heteroatoms. The van der Waals surface area contributed by atoms with Gasteiger partial charge in [0.05, 0.1) is 0 Å². The first-order chi connectivity index (χ1) is 8.29. The van der Waals surface area contributed by atoms with Crippen molar-refractivity contribution in [3.8, 4) is 0 Å². The molecule has 1 saturated heterocycles. The molecule has 1 aromatic rings. The predicted molar refractivity (Wildman–Crippen MR) is 73.2 cm³/mol. The maximum Gasteiger partial charge on any atom is 0.231 e. The van der Waals surface area contributed by atoms with Gasteiger partial charge in [0, 0.05) is 25.4 Å². The molecule has 0 aliphatic carbocycles. The van der Waals surface area contributed by atoms with E-state index in [2.05, 4.69) is 25.2 Å². The molecular weight excluding hydrogens is 258 g/mol. The van der Waals surface area contributed by atoms with Gasteiger partial charge in [-0.25, -0.2) is 0 Å². The van der Waals surface area contributed by atoms with Gasteiger partial charge in [0.25, 0.3) is 0 Å². The van der Waals surface area contributed by atoms with Crippen molar-refractivity contribution >= 4 is 35.3 Å². The Balaban J connectivity index is 2.17. The van der Waals surface area contributed by atoms with Gasteiger partial charge in [-0.1, -0.05) is 0 Å². The highest BCUT2D eigenvalue weighted by Crippen LogP contribution is 2.17. The van der Waals surface area contributed by atoms with E-state index in [0.717, 1.165) is 31.8 Å². The normalized spacial score (nSPS) is 16.7. The van der Waals surface area contributed by atoms with Crippen LogP contribution in [0.1, 0.15) is 13.3 Å². The Kier molecular flexibility index (Phi) is 4.67. The van der Waals surface area contributed by atoms with Crippen molar-refractivity contribution in [1.82, 2.24) is 15.0 Å². The van der Waals surface area contributed by atoms with E-state index < -0.39 is 0 Å². The van der Waals surface area contributed by atoms with E-state index in [1.165, 1.54) is 5.75 Å². The summed E-state index contributed by atoms with van der Waals surface area (Å²) in [4.78, 5) is 14.8. The largest absolute Gasteiger partial charge is 0.354 e. The lowest BCUT2D eigenvalue weighted by Crippen LogP contribution is -2.28. The highest BCUT2D eigenvalue weighted by molar-refractivity contribution is 7.99. The molecular formula is C10H16ClN5S. The minimum absolute atomic E-state index is 0.253. The van der Waals surface area contributed by atoms with Crippen LogP contribution in [0.4, 0.5) is 11.9 Å². The van der Waals surface area contributed by atoms with Crippen LogP contribution in [0.2, 0.25) is 5.28 Å². The summed E-state index contributed by atoms with van der Waals surface area (Å²) in [5.74, 6) is 3.55. The van der Waals surface area contributed by atoms with E-state index in [9.17, 15) is 0 Å². The van der Waals surface area contributed by atoms with Gasteiger partial charge in [0.15, 0.2) is 0 Å². The predicted octanol–water partition coefficient (Wildman–Crippen LogP) is 1.90. The van der Waals surface area contributed by atoms with Crippen LogP contribution in [-0.4, -0.2) is 46.1 Å². The Bertz CT molecular complexity index is 368. The van der Waals surface area contributed by atoms with Crippen molar-refractivity contribution < 1.29 is 0 Å². The zero-order valence-corrected chi connectivity index (χ0v) is 11.4. The summed E-state index contributed by atoms with van der Waals surface area (Å²) in [6.07, 6.45) is 1.16. The van der Waals surface area contributed by atoms with Crippen LogP contribution in [0.25, 0.3) is 0 Å². The number of nitrogens with one attached hydrogen (secondary N) is 1. The Morgan fingerprint density at radius 1 is 1.29 bits per heavy atom. The van der Waals surface area contributed by atoms with Crippen LogP contribution in [0, 0.1) is 0 Å². The minimum Gasteiger partial charge on any atom is -0.354 e. The van der Waals surface area contributed by atoms with Gasteiger partial charge in [0.2, 0.25) is 17.2 Å². The van der Waals surface area contributed by atoms with Gasteiger partial charge in [0.1, 0.15) is 0 Å². The Morgan fingerprint density at radius 3 is 3.00 bits per heavy atom. The summed E-state index contributed by atoms with van der Waals surface area (Å²) in [6.45, 7) is 4.73. The number of hydrogen-bond acceptors (Lipinski definition) is 6. The Morgan fingerprint density at radius 2 is 2.18 bits per heavy atom. The van der Waals surface area contributed by atoms with E-state index in [1.54, 1.807) is 0 Å². The minimum atomic E-state index is 0.253. The van der Waals surface area contributed by atoms with Crippen molar-refractivity contribution in [2.24, 2.45) is 0 Å². The molecule has 2 rings (SSSR count). The SMILES string of the molecule is CCNc1nc(Cl)nc(N2CCCSCC2)n1. The van der Waals surface area contributed by atoms with Crippen molar-refractivity contribution in [2.45, 2.75) is 13.3 Å². The third kappa shape index (κ3) is 3.61. The molecule has 0 bridgehead atoms. The zero-order chi connectivity index (χ0) is 12.1. The zero-order valence-electron chi connectivity index (χ0n) is 9.82. The number of rotatable bonds is 3. The summed E-state index contributed by atoms with van der Waals surface area (Å²) >= 11 is 7.88. The molecule has 1 aliphatic heterocycles. The van der Waals surface area contributed by atoms with Crippen molar-refractivity contribution in [1.29, 1.82) is 0 Å². The van der Waals surface area contributed by atoms with Crippen molar-refractivity contribution in [3.05, 3.63) is 5.28 Å². The lowest BCUT2D eigenvalue weighted by molar-refractivity contribution is 0.777. The third-order valence-electron chi connectivity index (χ3n) is 2.44. The van der Waals surface area contributed by atoms with Crippen LogP contribution in [0.3, 0.4) is 0 Å². The van der Waals surface area contributed by atoms with Gasteiger partial charge in [-0.05, 0) is 30.7 Å². The monoisotopic (exact) mass is 273 g/mol. The highest BCUT2D eigenvalue weighted by atomic mass is 35.5. The first kappa shape index (κ1) is 12.7. The standard InChI is InChI=1S/C10H16ClN5S/c1-2-12-9-13-8(11)14-10(15-9)16-4-3-6-17-7-5-16/h2-7H2,1H3,(H,12,13,14,15). The van der Waals surface area contributed by atoms with Crippen LogP contribution in [-0.2, 0) is 0 Å². The lowest BCUT2D eigenvalue weighted by Gasteiger charge is -2.20. The summed E-state index contributed by atoms with van der Waals surface area (Å²) in [7, 11) is 0. The maximum absolute atomic E-state index is 5.91. The third-order valence-corrected chi connectivity index (χ3v) is 3.65. The molecule has 1 N–H and O–H groups in total. The van der Waals surface area contributed by atoms with Crippen molar-refractivity contribution in [3.63, 3.8) is 0 Å². The Hall–Kier alpha value is -0.750. The van der Waals surface area contributed by atoms with E-state index >= 15 is 0 Å². The lowest BCUT2D eigenvalue weighted by atomic mass is 10.4. The average molecular weight is 274 g/mol. The smallest absolute Gasteiger partial charge is 0.231 e. The van der Waals surface area contributed by atoms with E-state index in [4.69, 9.17) is 11.6 Å². The number of nitrogens with zero attached hydrogens (tertiary/aromatic N) is 4. The van der Waals surface area contributed by atoms with Crippen LogP contribution in [0.5, 0.6) is 0 Å². The molecule has 0 aromatic carbocycles. The first-order valence-electron chi connectivity index (χ1n) is 5.77. The number of halogens is 1. The van der Waals surface area contributed by atoms with Gasteiger partial charge in [-0.15, -0.1) is 0 Å². The van der Waals surface area contributed by atoms with Crippen LogP contribution >= 0.6 is 23.4 Å². The topological polar surface area (TPSA) is 53.9 Å². The molecule has 17 heavy (non-hydrogen) atoms. The summed E-state index contributed by atoms with van der Waals surface area (Å²) in [5.41, 5.74) is 0. The number of hydrogen-bond donors (Lipinski definition) is 1. The molecule has 1 aromatic heterocycles. The van der Waals surface area contributed by atoms with E-state index in [-0.39, 0.29) is 5.28 Å². The van der Waals surface area contributed by atoms with Crippen LogP contribution in [0.15, 0.2) is 0 Å². The molecule has 0 radical (unpaired) electrons. The summed E-state index contributed by atoms with van der Waals surface area (Å²) in [5, 5.41) is 3.32. The second-order valence-corrected chi connectivity index (χ2v) is 5.27. The highest BCUT2D eigenvalue weighted by Gasteiger charge is 2.14. The second kappa shape index (κ2) is 6.26. The fourth-order valence-electron chi connectivity index (χ4n) is 1.66. The molecule has 0 spiro atoms. The van der Waals surface area contributed by atoms with Crippen molar-refractivity contribution in [2.75, 3.05) is 41.4 Å². The second-order valence-electron chi connectivity index (χ2n) is 3.71. The quantitative estimate of drug-likeness (QED) is 0.908. The number of aromatic nitrogens is 3. The maximum atomic E-state index is 5.91. The van der Waals surface area contributed by atoms with Gasteiger partial charge < -0.3 is 10.2 Å². The molecule has 2 heterocycles. The molecule has 0 atom stereocenters. The summed E-state index contributed by atoms with van der Waals surface area (Å²) < 4.78 is 0. The van der Waals surface area contributed by atoms with Gasteiger partial charge in [-0.3, -0.25) is 0 Å². The molecule has 0 unspecified atom stereocenters. The summed E-state index contributed by atoms with van der Waals surface area (Å²) in [6, 6.07) is 0. The van der Waals surface area contributed by atoms with Gasteiger partial charge >= 0.3 is 0 Å². The number of thioether (sulfide) groups is 1. The van der Waals surface area contributed by atoms with Gasteiger partial charge in [-0.2, -0.15) is 26.7 Å². The Labute approximate surface area is 110 Å². The fourth-order valence-corrected chi connectivity index (χ4v) is 2.71. The average Bonchev–Trinajstić information content (AvgIpc) is 2.57. The molecule has 1 fully saturated rings. The van der Waals surface area contributed by atoms with E-state index in [0.29, 0.717) is 11.9 Å². The molecule has 0 amide bonds.